The van der Waals surface area contributed by atoms with E-state index in [-0.39, 0.29) is 57.7 Å². The summed E-state index contributed by atoms with van der Waals surface area (Å²) in [5, 5.41) is 20.4. The molecule has 0 atom stereocenters. The van der Waals surface area contributed by atoms with E-state index in [2.05, 4.69) is 13.8 Å². The molecule has 0 aliphatic heterocycles. The minimum Gasteiger partial charge on any atom is -0.550 e. The van der Waals surface area contributed by atoms with Gasteiger partial charge in [-0.1, -0.05) is 230 Å². The maximum absolute atomic E-state index is 11.2. The van der Waals surface area contributed by atoms with E-state index in [1.165, 1.54) is 181 Å². The van der Waals surface area contributed by atoms with E-state index in [0.29, 0.717) is 11.1 Å². The summed E-state index contributed by atoms with van der Waals surface area (Å²) in [7, 11) is 0. The van der Waals surface area contributed by atoms with Gasteiger partial charge in [-0.05, 0) is 39.5 Å². The molecule has 0 radical (unpaired) electrons. The van der Waals surface area contributed by atoms with Crippen molar-refractivity contribution in [2.45, 2.75) is 233 Å². The number of carboxylic acids is 2. The van der Waals surface area contributed by atoms with E-state index in [1.807, 2.05) is 12.1 Å². The van der Waals surface area contributed by atoms with Gasteiger partial charge in [0.2, 0.25) is 0 Å². The van der Waals surface area contributed by atoms with Gasteiger partial charge >= 0.3 is 21.7 Å². The first kappa shape index (κ1) is 65.8. The zero-order valence-corrected chi connectivity index (χ0v) is 42.9. The molecule has 0 fully saturated rings. The van der Waals surface area contributed by atoms with E-state index in [1.54, 1.807) is 48.5 Å². The van der Waals surface area contributed by atoms with Crippen LogP contribution in [0.1, 0.15) is 254 Å². The third kappa shape index (κ3) is 53.0. The van der Waals surface area contributed by atoms with Crippen LogP contribution in [-0.2, 0) is 40.9 Å². The molecule has 0 aliphatic rings. The van der Waals surface area contributed by atoms with Crippen molar-refractivity contribution in [1.82, 2.24) is 0 Å². The SMILES string of the molecule is CC(=O)[CH-]C(=O)c1ccccc1.CC(=O)[CH-]C(=O)c1ccccc1.CCCCCCCCCCCCCCCCCC(=O)[O-].CCCCCCCCCCCCCCCCCC(=O)[O-].[Ti+4]. The minimum atomic E-state index is -0.903. The van der Waals surface area contributed by atoms with E-state index >= 15 is 0 Å². The van der Waals surface area contributed by atoms with Crippen molar-refractivity contribution in [3.63, 3.8) is 0 Å². The second-order valence-corrected chi connectivity index (χ2v) is 17.1. The van der Waals surface area contributed by atoms with Gasteiger partial charge in [0.15, 0.2) is 0 Å². The first-order valence-electron chi connectivity index (χ1n) is 25.2. The fourth-order valence-electron chi connectivity index (χ4n) is 7.02. The molecular formula is C56H88O8Ti. The summed E-state index contributed by atoms with van der Waals surface area (Å²) in [5.41, 5.74) is 1.10. The number of hydrogen-bond acceptors (Lipinski definition) is 8. The molecule has 2 rings (SSSR count). The Kier molecular flexibility index (Phi) is 52.1. The molecule has 8 nitrogen and oxygen atoms in total. The monoisotopic (exact) mass is 937 g/mol. The summed E-state index contributed by atoms with van der Waals surface area (Å²) >= 11 is 0. The Morgan fingerprint density at radius 2 is 0.554 bits per heavy atom. The summed E-state index contributed by atoms with van der Waals surface area (Å²) < 4.78 is 0. The number of carboxylic acid groups (broad SMARTS) is 2. The number of unbranched alkanes of at least 4 members (excludes halogenated alkanes) is 28. The van der Waals surface area contributed by atoms with Crippen LogP contribution in [0.5, 0.6) is 0 Å². The summed E-state index contributed by atoms with van der Waals surface area (Å²) in [4.78, 5) is 63.9. The topological polar surface area (TPSA) is 149 Å². The Bertz CT molecular complexity index is 1300. The number of ketones is 4. The van der Waals surface area contributed by atoms with Crippen molar-refractivity contribution in [3.05, 3.63) is 84.6 Å². The van der Waals surface area contributed by atoms with Crippen LogP contribution >= 0.6 is 0 Å². The predicted molar refractivity (Wildman–Crippen MR) is 261 cm³/mol. The van der Waals surface area contributed by atoms with E-state index < -0.39 is 11.9 Å². The van der Waals surface area contributed by atoms with Crippen molar-refractivity contribution < 1.29 is 60.7 Å². The Morgan fingerprint density at radius 1 is 0.354 bits per heavy atom. The van der Waals surface area contributed by atoms with Crippen molar-refractivity contribution >= 4 is 35.1 Å². The molecule has 65 heavy (non-hydrogen) atoms. The van der Waals surface area contributed by atoms with Crippen LogP contribution in [-0.4, -0.2) is 35.1 Å². The molecular weight excluding hydrogens is 848 g/mol. The number of Topliss-reactive ketones (excluding diaryl/α,β-unsaturated/α-hetero) is 4. The summed E-state index contributed by atoms with van der Waals surface area (Å²) in [6.07, 6.45) is 41.9. The van der Waals surface area contributed by atoms with Crippen molar-refractivity contribution in [2.24, 2.45) is 0 Å². The molecule has 0 N–H and O–H groups in total. The summed E-state index contributed by atoms with van der Waals surface area (Å²) in [5.74, 6) is -2.71. The Hall–Kier alpha value is -3.49. The second-order valence-electron chi connectivity index (χ2n) is 17.1. The normalized spacial score (nSPS) is 10.0. The zero-order valence-electron chi connectivity index (χ0n) is 41.3. The van der Waals surface area contributed by atoms with Crippen LogP contribution in [0.15, 0.2) is 60.7 Å². The second kappa shape index (κ2) is 51.5. The Balaban J connectivity index is -0.000000804. The number of carbonyl (C=O) groups is 6. The first-order valence-corrected chi connectivity index (χ1v) is 25.2. The van der Waals surface area contributed by atoms with Gasteiger partial charge in [0, 0.05) is 23.5 Å². The Labute approximate surface area is 411 Å². The molecule has 2 aromatic rings. The third-order valence-corrected chi connectivity index (χ3v) is 10.8. The molecule has 0 saturated heterocycles. The van der Waals surface area contributed by atoms with Gasteiger partial charge in [-0.3, -0.25) is 0 Å². The quantitative estimate of drug-likeness (QED) is 0.0212. The maximum atomic E-state index is 11.2. The van der Waals surface area contributed by atoms with Gasteiger partial charge in [-0.15, -0.1) is 48.2 Å². The molecule has 0 aromatic heterocycles. The van der Waals surface area contributed by atoms with Crippen LogP contribution in [0.4, 0.5) is 0 Å². The molecule has 0 amide bonds. The average molecular weight is 937 g/mol. The molecule has 0 aliphatic carbocycles. The standard InChI is InChI=1S/2C18H36O2.2C10H9O2.Ti/c2*1-2-3-4-5-6-7-8-9-10-11-12-13-14-15-16-17-18(19)20;2*1-8(11)7-10(12)9-5-3-2-4-6-9;/h2*2-17H2,1H3,(H,19,20);2*2-7H,1H3;/q;;2*-1;+4/p-2. The van der Waals surface area contributed by atoms with E-state index in [4.69, 9.17) is 0 Å². The zero-order chi connectivity index (χ0) is 47.7. The van der Waals surface area contributed by atoms with Crippen LogP contribution in [0.25, 0.3) is 0 Å². The third-order valence-electron chi connectivity index (χ3n) is 10.8. The summed E-state index contributed by atoms with van der Waals surface area (Å²) in [6, 6.07) is 17.4. The van der Waals surface area contributed by atoms with Crippen LogP contribution in [0, 0.1) is 12.8 Å². The average Bonchev–Trinajstić information content (AvgIpc) is 3.27. The number of carbonyl (C=O) groups excluding carboxylic acids is 6. The van der Waals surface area contributed by atoms with Crippen molar-refractivity contribution in [2.75, 3.05) is 0 Å². The fourth-order valence-corrected chi connectivity index (χ4v) is 7.02. The molecule has 0 saturated carbocycles. The van der Waals surface area contributed by atoms with Gasteiger partial charge in [0.1, 0.15) is 0 Å². The minimum absolute atomic E-state index is 0. The van der Waals surface area contributed by atoms with Gasteiger partial charge in [0.25, 0.3) is 0 Å². The summed E-state index contributed by atoms with van der Waals surface area (Å²) in [6.45, 7) is 7.26. The van der Waals surface area contributed by atoms with E-state index in [0.717, 1.165) is 38.5 Å². The van der Waals surface area contributed by atoms with Gasteiger partial charge in [0.05, 0.1) is 11.6 Å². The number of hydrogen-bond donors (Lipinski definition) is 0. The van der Waals surface area contributed by atoms with Gasteiger partial charge < -0.3 is 39.0 Å². The fraction of sp³-hybridized carbons (Fsp3) is 0.643. The molecule has 9 heteroatoms. The predicted octanol–water partition coefficient (Wildman–Crippen LogP) is 13.3. The van der Waals surface area contributed by atoms with Crippen LogP contribution in [0.2, 0.25) is 0 Å². The van der Waals surface area contributed by atoms with Gasteiger partial charge in [-0.2, -0.15) is 0 Å². The van der Waals surface area contributed by atoms with Crippen LogP contribution < -0.4 is 10.2 Å². The van der Waals surface area contributed by atoms with Crippen molar-refractivity contribution in [1.29, 1.82) is 0 Å². The van der Waals surface area contributed by atoms with Crippen molar-refractivity contribution in [3.8, 4) is 0 Å². The molecule has 2 aromatic carbocycles. The number of rotatable bonds is 38. The number of benzene rings is 2. The molecule has 364 valence electrons. The molecule has 0 spiro atoms. The largest absolute Gasteiger partial charge is 4.00 e. The maximum Gasteiger partial charge on any atom is 4.00 e. The molecule has 0 heterocycles. The smallest absolute Gasteiger partial charge is 0.550 e. The van der Waals surface area contributed by atoms with Crippen LogP contribution in [0.3, 0.4) is 0 Å². The molecule has 0 bridgehead atoms. The van der Waals surface area contributed by atoms with E-state index in [9.17, 15) is 39.0 Å². The Morgan fingerprint density at radius 3 is 0.738 bits per heavy atom. The number of aliphatic carboxylic acids is 2. The first-order chi connectivity index (χ1) is 30.9. The van der Waals surface area contributed by atoms with Gasteiger partial charge in [-0.25, -0.2) is 0 Å². The molecule has 0 unspecified atom stereocenters.